The summed E-state index contributed by atoms with van der Waals surface area (Å²) in [6.45, 7) is 1.23. The van der Waals surface area contributed by atoms with Gasteiger partial charge in [-0.25, -0.2) is 4.39 Å². The first-order chi connectivity index (χ1) is 11.8. The Morgan fingerprint density at radius 3 is 2.69 bits per heavy atom. The van der Waals surface area contributed by atoms with E-state index in [4.69, 9.17) is 0 Å². The second kappa shape index (κ2) is 8.05. The number of carbonyl (C=O) groups is 1. The van der Waals surface area contributed by atoms with E-state index in [1.54, 1.807) is 6.07 Å². The highest BCUT2D eigenvalue weighted by atomic mass is 35.5. The maximum absolute atomic E-state index is 14.5. The highest BCUT2D eigenvalue weighted by Crippen LogP contribution is 2.30. The third-order valence-electron chi connectivity index (χ3n) is 4.10. The fourth-order valence-corrected chi connectivity index (χ4v) is 2.87. The highest BCUT2D eigenvalue weighted by molar-refractivity contribution is 5.92. The van der Waals surface area contributed by atoms with Crippen LogP contribution in [0.5, 0.6) is 0 Å². The molecule has 26 heavy (non-hydrogen) atoms. The lowest BCUT2D eigenvalue weighted by molar-refractivity contribution is -0.137. The number of halogens is 5. The quantitative estimate of drug-likeness (QED) is 0.777. The Labute approximate surface area is 154 Å². The van der Waals surface area contributed by atoms with Crippen LogP contribution in [-0.4, -0.2) is 12.5 Å². The standard InChI is InChI=1S/C18H16F4N2O.ClH/c19-17-14-6-7-23-10-12(14)4-5-15(17)24-16(25)9-11-2-1-3-13(8-11)18(20,21)22;/h1-5,8,23H,6-7,9-10H2,(H,24,25);1H. The summed E-state index contributed by atoms with van der Waals surface area (Å²) < 4.78 is 52.6. The molecule has 0 radical (unpaired) electrons. The molecule has 2 aromatic carbocycles. The van der Waals surface area contributed by atoms with Crippen molar-refractivity contribution in [3.8, 4) is 0 Å². The van der Waals surface area contributed by atoms with Gasteiger partial charge in [0.15, 0.2) is 0 Å². The van der Waals surface area contributed by atoms with Gasteiger partial charge in [-0.15, -0.1) is 12.4 Å². The van der Waals surface area contributed by atoms with Crippen molar-refractivity contribution in [3.05, 3.63) is 64.5 Å². The van der Waals surface area contributed by atoms with Crippen LogP contribution in [-0.2, 0) is 30.4 Å². The van der Waals surface area contributed by atoms with Crippen molar-refractivity contribution in [2.45, 2.75) is 25.6 Å². The van der Waals surface area contributed by atoms with E-state index in [2.05, 4.69) is 10.6 Å². The van der Waals surface area contributed by atoms with Crippen LogP contribution in [0.15, 0.2) is 36.4 Å². The first-order valence-electron chi connectivity index (χ1n) is 7.81. The van der Waals surface area contributed by atoms with Crippen LogP contribution in [0, 0.1) is 5.82 Å². The van der Waals surface area contributed by atoms with Crippen molar-refractivity contribution >= 4 is 24.0 Å². The van der Waals surface area contributed by atoms with Gasteiger partial charge in [-0.2, -0.15) is 13.2 Å². The first kappa shape index (κ1) is 20.2. The van der Waals surface area contributed by atoms with Gasteiger partial charge in [0.25, 0.3) is 0 Å². The molecule has 0 aliphatic carbocycles. The minimum absolute atomic E-state index is 0. The molecule has 0 atom stereocenters. The summed E-state index contributed by atoms with van der Waals surface area (Å²) in [5.41, 5.74) is 0.869. The Kier molecular flexibility index (Phi) is 6.26. The Morgan fingerprint density at radius 1 is 1.19 bits per heavy atom. The molecule has 3 rings (SSSR count). The van der Waals surface area contributed by atoms with Gasteiger partial charge < -0.3 is 10.6 Å². The van der Waals surface area contributed by atoms with Gasteiger partial charge in [0.2, 0.25) is 5.91 Å². The number of amides is 1. The number of carbonyl (C=O) groups excluding carboxylic acids is 1. The summed E-state index contributed by atoms with van der Waals surface area (Å²) in [5.74, 6) is -1.04. The Morgan fingerprint density at radius 2 is 1.96 bits per heavy atom. The van der Waals surface area contributed by atoms with Gasteiger partial charge in [0.05, 0.1) is 17.7 Å². The molecule has 1 heterocycles. The molecule has 0 aromatic heterocycles. The monoisotopic (exact) mass is 388 g/mol. The Hall–Kier alpha value is -2.12. The van der Waals surface area contributed by atoms with E-state index in [-0.39, 0.29) is 30.1 Å². The van der Waals surface area contributed by atoms with Gasteiger partial charge in [-0.1, -0.05) is 24.3 Å². The molecule has 1 amide bonds. The third kappa shape index (κ3) is 4.53. The smallest absolute Gasteiger partial charge is 0.323 e. The number of hydrogen-bond acceptors (Lipinski definition) is 2. The number of rotatable bonds is 3. The maximum atomic E-state index is 14.5. The van der Waals surface area contributed by atoms with Crippen molar-refractivity contribution < 1.29 is 22.4 Å². The van der Waals surface area contributed by atoms with Gasteiger partial charge >= 0.3 is 6.18 Å². The van der Waals surface area contributed by atoms with Crippen LogP contribution in [0.2, 0.25) is 0 Å². The number of anilines is 1. The van der Waals surface area contributed by atoms with Crippen molar-refractivity contribution in [3.63, 3.8) is 0 Å². The largest absolute Gasteiger partial charge is 0.416 e. The molecule has 1 aliphatic rings. The Bertz CT molecular complexity index is 808. The van der Waals surface area contributed by atoms with Crippen LogP contribution in [0.1, 0.15) is 22.3 Å². The van der Waals surface area contributed by atoms with Crippen LogP contribution in [0.3, 0.4) is 0 Å². The highest BCUT2D eigenvalue weighted by Gasteiger charge is 2.30. The molecule has 0 spiro atoms. The summed E-state index contributed by atoms with van der Waals surface area (Å²) in [4.78, 5) is 12.1. The zero-order valence-corrected chi connectivity index (χ0v) is 14.4. The molecule has 8 heteroatoms. The molecular weight excluding hydrogens is 372 g/mol. The Balaban J connectivity index is 0.00000243. The fourth-order valence-electron chi connectivity index (χ4n) is 2.87. The average molecular weight is 389 g/mol. The number of nitrogens with one attached hydrogen (secondary N) is 2. The molecule has 140 valence electrons. The second-order valence-electron chi connectivity index (χ2n) is 5.91. The maximum Gasteiger partial charge on any atom is 0.416 e. The molecule has 2 aromatic rings. The van der Waals surface area contributed by atoms with E-state index < -0.39 is 23.5 Å². The van der Waals surface area contributed by atoms with Crippen LogP contribution in [0.4, 0.5) is 23.2 Å². The van der Waals surface area contributed by atoms with Crippen LogP contribution >= 0.6 is 12.4 Å². The molecule has 0 saturated carbocycles. The van der Waals surface area contributed by atoms with Gasteiger partial charge in [-0.3, -0.25) is 4.79 Å². The van der Waals surface area contributed by atoms with E-state index in [0.29, 0.717) is 25.1 Å². The zero-order valence-electron chi connectivity index (χ0n) is 13.6. The van der Waals surface area contributed by atoms with Gasteiger partial charge in [0.1, 0.15) is 5.82 Å². The predicted molar refractivity (Wildman–Crippen MR) is 92.8 cm³/mol. The summed E-state index contributed by atoms with van der Waals surface area (Å²) in [5, 5.41) is 5.58. The van der Waals surface area contributed by atoms with Gasteiger partial charge in [-0.05, 0) is 41.8 Å². The lowest BCUT2D eigenvalue weighted by Gasteiger charge is -2.19. The number of benzene rings is 2. The topological polar surface area (TPSA) is 41.1 Å². The van der Waals surface area contributed by atoms with Gasteiger partial charge in [0, 0.05) is 6.54 Å². The molecule has 0 unspecified atom stereocenters. The summed E-state index contributed by atoms with van der Waals surface area (Å²) >= 11 is 0. The zero-order chi connectivity index (χ0) is 18.0. The number of fused-ring (bicyclic) bond motifs is 1. The minimum Gasteiger partial charge on any atom is -0.323 e. The molecule has 1 aliphatic heterocycles. The summed E-state index contributed by atoms with van der Waals surface area (Å²) in [6.07, 6.45) is -4.20. The summed E-state index contributed by atoms with van der Waals surface area (Å²) in [7, 11) is 0. The minimum atomic E-state index is -4.47. The lowest BCUT2D eigenvalue weighted by atomic mass is 9.99. The fraction of sp³-hybridized carbons (Fsp3) is 0.278. The molecular formula is C18H17ClF4N2O. The van der Waals surface area contributed by atoms with E-state index in [9.17, 15) is 22.4 Å². The molecule has 0 saturated heterocycles. The van der Waals surface area contributed by atoms with E-state index in [1.807, 2.05) is 0 Å². The van der Waals surface area contributed by atoms with E-state index >= 15 is 0 Å². The normalized spacial score (nSPS) is 13.5. The van der Waals surface area contributed by atoms with Crippen molar-refractivity contribution in [2.75, 3.05) is 11.9 Å². The van der Waals surface area contributed by atoms with Crippen molar-refractivity contribution in [1.82, 2.24) is 5.32 Å². The first-order valence-corrected chi connectivity index (χ1v) is 7.81. The predicted octanol–water partition coefficient (Wildman–Crippen LogP) is 4.09. The molecule has 0 bridgehead atoms. The van der Waals surface area contributed by atoms with Crippen LogP contribution in [0.25, 0.3) is 0 Å². The average Bonchev–Trinajstić information content (AvgIpc) is 2.57. The van der Waals surface area contributed by atoms with Crippen molar-refractivity contribution in [2.24, 2.45) is 0 Å². The molecule has 3 nitrogen and oxygen atoms in total. The van der Waals surface area contributed by atoms with Crippen LogP contribution < -0.4 is 10.6 Å². The second-order valence-corrected chi connectivity index (χ2v) is 5.91. The third-order valence-corrected chi connectivity index (χ3v) is 4.10. The van der Waals surface area contributed by atoms with Crippen molar-refractivity contribution in [1.29, 1.82) is 0 Å². The molecule has 2 N–H and O–H groups in total. The van der Waals surface area contributed by atoms with E-state index in [1.165, 1.54) is 18.2 Å². The number of alkyl halides is 3. The summed E-state index contributed by atoms with van der Waals surface area (Å²) in [6, 6.07) is 7.77. The molecule has 0 fully saturated rings. The number of hydrogen-bond donors (Lipinski definition) is 2. The SMILES string of the molecule is Cl.O=C(Cc1cccc(C(F)(F)F)c1)Nc1ccc2c(c1F)CCNC2. The van der Waals surface area contributed by atoms with E-state index in [0.717, 1.165) is 17.7 Å². The lowest BCUT2D eigenvalue weighted by Crippen LogP contribution is -2.25.